The fraction of sp³-hybridized carbons (Fsp3) is 0.185. The standard InChI is InChI=1S/C27H26ClIN4O5/c1-16-7-9-18(10-8-16)13-30-26(35)27(36)33-31-14-19-11-21(29)25(23(12-19)37-3)38-15-24(34)32-22-6-4-5-20(28)17(22)2/h4-12,14H,13,15H2,1-3H3,(H,30,35)(H,32,34)(H,33,36)/b31-14-. The molecular weight excluding hydrogens is 623 g/mol. The van der Waals surface area contributed by atoms with Crippen LogP contribution in [0.2, 0.25) is 5.02 Å². The number of ether oxygens (including phenoxy) is 2. The van der Waals surface area contributed by atoms with Gasteiger partial charge in [0.25, 0.3) is 5.91 Å². The van der Waals surface area contributed by atoms with Crippen molar-refractivity contribution in [2.24, 2.45) is 5.10 Å². The van der Waals surface area contributed by atoms with Gasteiger partial charge in [-0.1, -0.05) is 47.5 Å². The van der Waals surface area contributed by atoms with Crippen LogP contribution >= 0.6 is 34.2 Å². The minimum absolute atomic E-state index is 0.226. The summed E-state index contributed by atoms with van der Waals surface area (Å²) in [5.41, 5.74) is 6.12. The highest BCUT2D eigenvalue weighted by Crippen LogP contribution is 2.33. The van der Waals surface area contributed by atoms with Crippen LogP contribution in [0.4, 0.5) is 5.69 Å². The van der Waals surface area contributed by atoms with Crippen LogP contribution in [0, 0.1) is 17.4 Å². The Hall–Kier alpha value is -3.64. The first-order valence-electron chi connectivity index (χ1n) is 11.4. The zero-order valence-electron chi connectivity index (χ0n) is 20.9. The van der Waals surface area contributed by atoms with E-state index in [0.29, 0.717) is 31.3 Å². The Morgan fingerprint density at radius 2 is 1.79 bits per heavy atom. The molecule has 0 unspecified atom stereocenters. The number of rotatable bonds is 9. The molecule has 0 heterocycles. The monoisotopic (exact) mass is 648 g/mol. The van der Waals surface area contributed by atoms with Crippen molar-refractivity contribution in [3.05, 3.63) is 85.4 Å². The number of methoxy groups -OCH3 is 1. The van der Waals surface area contributed by atoms with Gasteiger partial charge in [0, 0.05) is 17.3 Å². The number of anilines is 1. The number of nitrogens with zero attached hydrogens (tertiary/aromatic N) is 1. The summed E-state index contributed by atoms with van der Waals surface area (Å²) in [4.78, 5) is 36.5. The van der Waals surface area contributed by atoms with Gasteiger partial charge in [0.2, 0.25) is 0 Å². The SMILES string of the molecule is COc1cc(/C=N\NC(=O)C(=O)NCc2ccc(C)cc2)cc(I)c1OCC(=O)Nc1cccc(Cl)c1C. The lowest BCUT2D eigenvalue weighted by Crippen LogP contribution is -2.37. The van der Waals surface area contributed by atoms with Crippen LogP contribution in [0.3, 0.4) is 0 Å². The molecular formula is C27H26ClIN4O5. The smallest absolute Gasteiger partial charge is 0.329 e. The normalized spacial score (nSPS) is 10.7. The van der Waals surface area contributed by atoms with E-state index in [9.17, 15) is 14.4 Å². The maximum Gasteiger partial charge on any atom is 0.329 e. The quantitative estimate of drug-likeness (QED) is 0.138. The fourth-order valence-electron chi connectivity index (χ4n) is 3.21. The maximum absolute atomic E-state index is 12.4. The molecule has 0 aliphatic heterocycles. The minimum atomic E-state index is -0.893. The van der Waals surface area contributed by atoms with Crippen molar-refractivity contribution in [2.75, 3.05) is 19.0 Å². The summed E-state index contributed by atoms with van der Waals surface area (Å²) in [5.74, 6) is -1.31. The van der Waals surface area contributed by atoms with Gasteiger partial charge in [-0.2, -0.15) is 5.10 Å². The molecule has 0 bridgehead atoms. The lowest BCUT2D eigenvalue weighted by molar-refractivity contribution is -0.139. The van der Waals surface area contributed by atoms with Gasteiger partial charge >= 0.3 is 11.8 Å². The fourth-order valence-corrected chi connectivity index (χ4v) is 4.16. The average molecular weight is 649 g/mol. The van der Waals surface area contributed by atoms with Gasteiger partial charge in [0.1, 0.15) is 0 Å². The van der Waals surface area contributed by atoms with Crippen LogP contribution in [0.1, 0.15) is 22.3 Å². The first kappa shape index (κ1) is 28.9. The second-order valence-corrected chi connectivity index (χ2v) is 9.72. The zero-order valence-corrected chi connectivity index (χ0v) is 23.8. The highest BCUT2D eigenvalue weighted by Gasteiger charge is 2.15. The molecule has 0 aliphatic rings. The van der Waals surface area contributed by atoms with E-state index in [-0.39, 0.29) is 19.1 Å². The third-order valence-corrected chi connectivity index (χ3v) is 6.51. The predicted octanol–water partition coefficient (Wildman–Crippen LogP) is 4.35. The molecule has 0 fully saturated rings. The van der Waals surface area contributed by atoms with E-state index in [1.54, 1.807) is 30.3 Å². The Morgan fingerprint density at radius 3 is 2.50 bits per heavy atom. The zero-order chi connectivity index (χ0) is 27.7. The van der Waals surface area contributed by atoms with Gasteiger partial charge in [-0.15, -0.1) is 0 Å². The van der Waals surface area contributed by atoms with Crippen molar-refractivity contribution in [1.82, 2.24) is 10.7 Å². The number of hydrogen-bond acceptors (Lipinski definition) is 6. The van der Waals surface area contributed by atoms with Crippen molar-refractivity contribution in [2.45, 2.75) is 20.4 Å². The molecule has 3 aromatic rings. The lowest BCUT2D eigenvalue weighted by atomic mass is 10.1. The van der Waals surface area contributed by atoms with E-state index in [1.807, 2.05) is 60.7 Å². The van der Waals surface area contributed by atoms with E-state index in [4.69, 9.17) is 21.1 Å². The van der Waals surface area contributed by atoms with Crippen molar-refractivity contribution in [3.63, 3.8) is 0 Å². The molecule has 0 atom stereocenters. The van der Waals surface area contributed by atoms with E-state index in [0.717, 1.165) is 16.7 Å². The molecule has 0 radical (unpaired) electrons. The number of amides is 3. The summed E-state index contributed by atoms with van der Waals surface area (Å²) in [6, 6.07) is 16.2. The number of carbonyl (C=O) groups is 3. The van der Waals surface area contributed by atoms with Gasteiger partial charge < -0.3 is 20.1 Å². The molecule has 3 aromatic carbocycles. The van der Waals surface area contributed by atoms with Gasteiger partial charge in [-0.25, -0.2) is 5.43 Å². The lowest BCUT2D eigenvalue weighted by Gasteiger charge is -2.14. The molecule has 11 heteroatoms. The number of nitrogens with one attached hydrogen (secondary N) is 3. The minimum Gasteiger partial charge on any atom is -0.493 e. The number of hydrogen-bond donors (Lipinski definition) is 3. The molecule has 0 aliphatic carbocycles. The summed E-state index contributed by atoms with van der Waals surface area (Å²) in [7, 11) is 1.47. The van der Waals surface area contributed by atoms with E-state index >= 15 is 0 Å². The third kappa shape index (κ3) is 8.18. The summed E-state index contributed by atoms with van der Waals surface area (Å²) in [6.45, 7) is 3.75. The number of hydrazone groups is 1. The van der Waals surface area contributed by atoms with E-state index in [1.165, 1.54) is 13.3 Å². The first-order chi connectivity index (χ1) is 18.2. The van der Waals surface area contributed by atoms with Gasteiger partial charge in [-0.3, -0.25) is 14.4 Å². The Labute approximate surface area is 239 Å². The maximum atomic E-state index is 12.4. The number of aryl methyl sites for hydroxylation is 1. The van der Waals surface area contributed by atoms with Gasteiger partial charge in [0.05, 0.1) is 16.9 Å². The van der Waals surface area contributed by atoms with E-state index in [2.05, 4.69) is 21.2 Å². The molecule has 198 valence electrons. The molecule has 0 spiro atoms. The number of benzene rings is 3. The van der Waals surface area contributed by atoms with Crippen molar-refractivity contribution in [3.8, 4) is 11.5 Å². The summed E-state index contributed by atoms with van der Waals surface area (Å²) in [6.07, 6.45) is 1.37. The Kier molecular flexibility index (Phi) is 10.5. The second kappa shape index (κ2) is 13.8. The van der Waals surface area contributed by atoms with Crippen LogP contribution in [-0.4, -0.2) is 37.7 Å². The predicted molar refractivity (Wildman–Crippen MR) is 155 cm³/mol. The molecule has 3 N–H and O–H groups in total. The summed E-state index contributed by atoms with van der Waals surface area (Å²) >= 11 is 8.14. The second-order valence-electron chi connectivity index (χ2n) is 8.15. The number of carbonyl (C=O) groups excluding carboxylic acids is 3. The van der Waals surface area contributed by atoms with Crippen molar-refractivity contribution >= 4 is 63.8 Å². The van der Waals surface area contributed by atoms with Crippen LogP contribution in [0.5, 0.6) is 11.5 Å². The Bertz CT molecular complexity index is 1360. The Morgan fingerprint density at radius 1 is 1.05 bits per heavy atom. The van der Waals surface area contributed by atoms with Crippen LogP contribution in [0.25, 0.3) is 0 Å². The third-order valence-electron chi connectivity index (χ3n) is 5.30. The molecule has 3 rings (SSSR count). The molecule has 38 heavy (non-hydrogen) atoms. The topological polar surface area (TPSA) is 118 Å². The molecule has 3 amide bonds. The largest absolute Gasteiger partial charge is 0.493 e. The van der Waals surface area contributed by atoms with Crippen molar-refractivity contribution < 1.29 is 23.9 Å². The summed E-state index contributed by atoms with van der Waals surface area (Å²) < 4.78 is 11.8. The molecule has 0 saturated heterocycles. The highest BCUT2D eigenvalue weighted by atomic mass is 127. The molecule has 9 nitrogen and oxygen atoms in total. The van der Waals surface area contributed by atoms with Gasteiger partial charge in [0.15, 0.2) is 18.1 Å². The highest BCUT2D eigenvalue weighted by molar-refractivity contribution is 14.1. The van der Waals surface area contributed by atoms with Crippen LogP contribution < -0.4 is 25.5 Å². The average Bonchev–Trinajstić information content (AvgIpc) is 2.89. The Balaban J connectivity index is 1.55. The first-order valence-corrected chi connectivity index (χ1v) is 12.9. The van der Waals surface area contributed by atoms with E-state index < -0.39 is 11.8 Å². The van der Waals surface area contributed by atoms with Crippen LogP contribution in [0.15, 0.2) is 59.7 Å². The molecule has 0 aromatic heterocycles. The van der Waals surface area contributed by atoms with Gasteiger partial charge in [-0.05, 0) is 77.4 Å². The number of halogens is 2. The summed E-state index contributed by atoms with van der Waals surface area (Å²) in [5, 5.41) is 9.72. The van der Waals surface area contributed by atoms with Crippen molar-refractivity contribution in [1.29, 1.82) is 0 Å². The molecule has 0 saturated carbocycles. The van der Waals surface area contributed by atoms with Crippen LogP contribution in [-0.2, 0) is 20.9 Å².